The average molecular weight is 358 g/mol. The van der Waals surface area contributed by atoms with E-state index in [0.717, 1.165) is 11.0 Å². The van der Waals surface area contributed by atoms with E-state index in [-0.39, 0.29) is 5.91 Å². The van der Waals surface area contributed by atoms with Gasteiger partial charge >= 0.3 is 0 Å². The summed E-state index contributed by atoms with van der Waals surface area (Å²) >= 11 is 5.84. The number of anilines is 1. The van der Waals surface area contributed by atoms with Crippen molar-refractivity contribution in [3.05, 3.63) is 53.3 Å². The Bertz CT molecular complexity index is 887. The van der Waals surface area contributed by atoms with Gasteiger partial charge in [0, 0.05) is 5.69 Å². The molecule has 0 fully saturated rings. The Labute approximate surface area is 151 Å². The van der Waals surface area contributed by atoms with E-state index in [1.807, 2.05) is 24.3 Å². The Kier molecular flexibility index (Phi) is 4.95. The maximum absolute atomic E-state index is 12.3. The van der Waals surface area contributed by atoms with Crippen LogP contribution in [-0.2, 0) is 4.79 Å². The van der Waals surface area contributed by atoms with E-state index in [9.17, 15) is 4.79 Å². The first kappa shape index (κ1) is 17.3. The molecule has 130 valence electrons. The minimum atomic E-state index is -0.619. The summed E-state index contributed by atoms with van der Waals surface area (Å²) in [6.45, 7) is 5.99. The summed E-state index contributed by atoms with van der Waals surface area (Å²) in [4.78, 5) is 19.4. The Morgan fingerprint density at radius 3 is 2.56 bits per heavy atom. The Morgan fingerprint density at radius 1 is 1.16 bits per heavy atom. The third-order valence-electron chi connectivity index (χ3n) is 3.95. The minimum Gasteiger partial charge on any atom is -0.481 e. The first-order valence-corrected chi connectivity index (χ1v) is 8.53. The van der Waals surface area contributed by atoms with Gasteiger partial charge in [0.25, 0.3) is 5.91 Å². The summed E-state index contributed by atoms with van der Waals surface area (Å²) < 4.78 is 5.72. The van der Waals surface area contributed by atoms with E-state index in [2.05, 4.69) is 29.1 Å². The van der Waals surface area contributed by atoms with E-state index in [4.69, 9.17) is 16.3 Å². The maximum atomic E-state index is 12.3. The number of nitrogens with one attached hydrogen (secondary N) is 2. The van der Waals surface area contributed by atoms with Crippen LogP contribution in [-0.4, -0.2) is 22.0 Å². The second-order valence-corrected chi connectivity index (χ2v) is 6.59. The van der Waals surface area contributed by atoms with Crippen molar-refractivity contribution in [2.24, 2.45) is 0 Å². The topological polar surface area (TPSA) is 67.0 Å². The smallest absolute Gasteiger partial charge is 0.265 e. The molecule has 2 aromatic carbocycles. The zero-order chi connectivity index (χ0) is 18.0. The molecule has 5 nitrogen and oxygen atoms in total. The molecule has 2 N–H and O–H groups in total. The molecule has 0 aliphatic carbocycles. The fourth-order valence-electron chi connectivity index (χ4n) is 2.49. The highest BCUT2D eigenvalue weighted by atomic mass is 35.5. The number of aromatic nitrogens is 2. The zero-order valence-corrected chi connectivity index (χ0v) is 15.1. The zero-order valence-electron chi connectivity index (χ0n) is 14.3. The van der Waals surface area contributed by atoms with Gasteiger partial charge in [-0.1, -0.05) is 26.0 Å². The summed E-state index contributed by atoms with van der Waals surface area (Å²) in [5, 5.41) is 3.16. The lowest BCUT2D eigenvalue weighted by Crippen LogP contribution is -2.30. The van der Waals surface area contributed by atoms with Crippen molar-refractivity contribution in [1.29, 1.82) is 0 Å². The maximum Gasteiger partial charge on any atom is 0.265 e. The van der Waals surface area contributed by atoms with Crippen molar-refractivity contribution in [3.8, 4) is 5.75 Å². The number of benzene rings is 2. The van der Waals surface area contributed by atoms with Crippen molar-refractivity contribution in [1.82, 2.24) is 9.97 Å². The van der Waals surface area contributed by atoms with Crippen molar-refractivity contribution in [3.63, 3.8) is 0 Å². The molecule has 25 heavy (non-hydrogen) atoms. The molecule has 0 saturated carbocycles. The second kappa shape index (κ2) is 7.15. The summed E-state index contributed by atoms with van der Waals surface area (Å²) in [5.41, 5.74) is 3.40. The van der Waals surface area contributed by atoms with Crippen molar-refractivity contribution in [2.75, 3.05) is 5.32 Å². The molecule has 0 saturated heterocycles. The van der Waals surface area contributed by atoms with E-state index in [0.29, 0.717) is 22.6 Å². The van der Waals surface area contributed by atoms with Crippen LogP contribution in [0.15, 0.2) is 42.5 Å². The number of H-pyrrole nitrogens is 1. The lowest BCUT2D eigenvalue weighted by molar-refractivity contribution is -0.122. The number of amides is 1. The van der Waals surface area contributed by atoms with Gasteiger partial charge in [-0.2, -0.15) is 0 Å². The van der Waals surface area contributed by atoms with Crippen LogP contribution in [0.4, 0.5) is 5.69 Å². The second-order valence-electron chi connectivity index (χ2n) is 6.23. The van der Waals surface area contributed by atoms with Gasteiger partial charge in [-0.05, 0) is 60.3 Å². The standard InChI is InChI=1S/C19H20ClN3O2/c1-11(2)13-4-7-15(8-5-13)25-12(3)18(24)21-14-6-9-16-17(10-14)23-19(20)22-16/h4-12H,1-3H3,(H,21,24)(H,22,23). The number of hydrogen-bond acceptors (Lipinski definition) is 3. The number of carbonyl (C=O) groups excluding carboxylic acids is 1. The molecule has 6 heteroatoms. The number of halogens is 1. The van der Waals surface area contributed by atoms with E-state index < -0.39 is 6.10 Å². The SMILES string of the molecule is CC(Oc1ccc(C(C)C)cc1)C(=O)Nc1ccc2nc(Cl)[nH]c2c1. The van der Waals surface area contributed by atoms with Crippen LogP contribution in [0.3, 0.4) is 0 Å². The molecular weight excluding hydrogens is 338 g/mol. The minimum absolute atomic E-state index is 0.224. The normalized spacial score (nSPS) is 12.4. The highest BCUT2D eigenvalue weighted by Crippen LogP contribution is 2.21. The van der Waals surface area contributed by atoms with Gasteiger partial charge in [-0.3, -0.25) is 4.79 Å². The predicted octanol–water partition coefficient (Wildman–Crippen LogP) is 4.75. The first-order chi connectivity index (χ1) is 11.9. The van der Waals surface area contributed by atoms with Crippen molar-refractivity contribution >= 4 is 34.2 Å². The molecule has 1 unspecified atom stereocenters. The van der Waals surface area contributed by atoms with Crippen LogP contribution >= 0.6 is 11.6 Å². The monoisotopic (exact) mass is 357 g/mol. The van der Waals surface area contributed by atoms with E-state index in [1.54, 1.807) is 25.1 Å². The van der Waals surface area contributed by atoms with Gasteiger partial charge in [-0.25, -0.2) is 4.98 Å². The highest BCUT2D eigenvalue weighted by molar-refractivity contribution is 6.29. The third kappa shape index (κ3) is 4.12. The van der Waals surface area contributed by atoms with Gasteiger partial charge in [0.05, 0.1) is 11.0 Å². The predicted molar refractivity (Wildman–Crippen MR) is 100 cm³/mol. The molecule has 3 aromatic rings. The van der Waals surface area contributed by atoms with Crippen LogP contribution in [0.1, 0.15) is 32.3 Å². The van der Waals surface area contributed by atoms with Crippen LogP contribution in [0.5, 0.6) is 5.75 Å². The number of rotatable bonds is 5. The van der Waals surface area contributed by atoms with E-state index in [1.165, 1.54) is 5.56 Å². The number of ether oxygens (including phenoxy) is 1. The summed E-state index contributed by atoms with van der Waals surface area (Å²) in [6, 6.07) is 13.2. The van der Waals surface area contributed by atoms with Gasteiger partial charge in [-0.15, -0.1) is 0 Å². The quantitative estimate of drug-likeness (QED) is 0.692. The first-order valence-electron chi connectivity index (χ1n) is 8.15. The molecule has 3 rings (SSSR count). The highest BCUT2D eigenvalue weighted by Gasteiger charge is 2.15. The molecule has 0 bridgehead atoms. The largest absolute Gasteiger partial charge is 0.481 e. The van der Waals surface area contributed by atoms with E-state index >= 15 is 0 Å². The Morgan fingerprint density at radius 2 is 1.88 bits per heavy atom. The number of hydrogen-bond donors (Lipinski definition) is 2. The van der Waals surface area contributed by atoms with Crippen LogP contribution in [0.2, 0.25) is 5.28 Å². The Hall–Kier alpha value is -2.53. The fourth-order valence-corrected chi connectivity index (χ4v) is 2.68. The third-order valence-corrected chi connectivity index (χ3v) is 4.13. The fraction of sp³-hybridized carbons (Fsp3) is 0.263. The number of imidazole rings is 1. The number of carbonyl (C=O) groups is 1. The molecule has 1 amide bonds. The molecule has 0 aliphatic heterocycles. The lowest BCUT2D eigenvalue weighted by Gasteiger charge is -2.15. The molecular formula is C19H20ClN3O2. The number of nitrogens with zero attached hydrogens (tertiary/aromatic N) is 1. The molecule has 0 radical (unpaired) electrons. The van der Waals surface area contributed by atoms with Gasteiger partial charge in [0.2, 0.25) is 5.28 Å². The van der Waals surface area contributed by atoms with Crippen LogP contribution < -0.4 is 10.1 Å². The van der Waals surface area contributed by atoms with Crippen LogP contribution in [0, 0.1) is 0 Å². The van der Waals surface area contributed by atoms with Gasteiger partial charge < -0.3 is 15.0 Å². The molecule has 1 heterocycles. The molecule has 0 spiro atoms. The molecule has 1 aromatic heterocycles. The van der Waals surface area contributed by atoms with Gasteiger partial charge in [0.1, 0.15) is 5.75 Å². The Balaban J connectivity index is 1.64. The summed E-state index contributed by atoms with van der Waals surface area (Å²) in [5.74, 6) is 0.904. The summed E-state index contributed by atoms with van der Waals surface area (Å²) in [7, 11) is 0. The molecule has 1 atom stereocenters. The lowest BCUT2D eigenvalue weighted by atomic mass is 10.0. The van der Waals surface area contributed by atoms with Gasteiger partial charge in [0.15, 0.2) is 6.10 Å². The average Bonchev–Trinajstić information content (AvgIpc) is 2.94. The van der Waals surface area contributed by atoms with Crippen molar-refractivity contribution < 1.29 is 9.53 Å². The van der Waals surface area contributed by atoms with Crippen molar-refractivity contribution in [2.45, 2.75) is 32.8 Å². The molecule has 0 aliphatic rings. The van der Waals surface area contributed by atoms with Crippen LogP contribution in [0.25, 0.3) is 11.0 Å². The number of aromatic amines is 1. The summed E-state index contributed by atoms with van der Waals surface area (Å²) in [6.07, 6.45) is -0.619. The number of fused-ring (bicyclic) bond motifs is 1.